The SMILES string of the molecule is Cc1cc(C)c(/C=C(/C#N)c2ccccc2F)c(C)c1. The lowest BCUT2D eigenvalue weighted by atomic mass is 9.96. The molecule has 2 aromatic rings. The number of aryl methyl sites for hydroxylation is 3. The molecule has 0 saturated heterocycles. The van der Waals surface area contributed by atoms with Gasteiger partial charge >= 0.3 is 0 Å². The maximum atomic E-state index is 13.8. The number of nitrogens with zero attached hydrogens (tertiary/aromatic N) is 1. The van der Waals surface area contributed by atoms with E-state index in [4.69, 9.17) is 0 Å². The molecule has 0 heterocycles. The molecule has 0 amide bonds. The highest BCUT2D eigenvalue weighted by molar-refractivity contribution is 5.90. The normalized spacial score (nSPS) is 11.2. The Bertz CT molecular complexity index is 697. The summed E-state index contributed by atoms with van der Waals surface area (Å²) in [5.74, 6) is -0.372. The first-order chi connectivity index (χ1) is 9.52. The molecule has 100 valence electrons. The van der Waals surface area contributed by atoms with Crippen LogP contribution in [0.3, 0.4) is 0 Å². The van der Waals surface area contributed by atoms with Gasteiger partial charge < -0.3 is 0 Å². The number of benzene rings is 2. The highest BCUT2D eigenvalue weighted by Crippen LogP contribution is 2.24. The average Bonchev–Trinajstić information content (AvgIpc) is 2.39. The first kappa shape index (κ1) is 14.0. The van der Waals surface area contributed by atoms with Crippen LogP contribution in [0.4, 0.5) is 4.39 Å². The van der Waals surface area contributed by atoms with Gasteiger partial charge in [-0.05, 0) is 49.6 Å². The minimum atomic E-state index is -0.372. The standard InChI is InChI=1S/C18H16FN/c1-12-8-13(2)17(14(3)9-12)10-15(11-20)16-6-4-5-7-18(16)19/h4-10H,1-3H3/b15-10-. The van der Waals surface area contributed by atoms with E-state index >= 15 is 0 Å². The number of rotatable bonds is 2. The molecule has 2 rings (SSSR count). The Labute approximate surface area is 119 Å². The van der Waals surface area contributed by atoms with Gasteiger partial charge in [-0.25, -0.2) is 4.39 Å². The van der Waals surface area contributed by atoms with Gasteiger partial charge in [0.15, 0.2) is 0 Å². The van der Waals surface area contributed by atoms with E-state index in [9.17, 15) is 9.65 Å². The molecule has 20 heavy (non-hydrogen) atoms. The highest BCUT2D eigenvalue weighted by atomic mass is 19.1. The van der Waals surface area contributed by atoms with Crippen molar-refractivity contribution in [1.29, 1.82) is 5.26 Å². The predicted octanol–water partition coefficient (Wildman–Crippen LogP) is 4.82. The summed E-state index contributed by atoms with van der Waals surface area (Å²) in [7, 11) is 0. The Morgan fingerprint density at radius 1 is 1.10 bits per heavy atom. The fourth-order valence-electron chi connectivity index (χ4n) is 2.41. The van der Waals surface area contributed by atoms with Crippen LogP contribution in [0.25, 0.3) is 11.6 Å². The zero-order valence-corrected chi connectivity index (χ0v) is 11.9. The van der Waals surface area contributed by atoms with Gasteiger partial charge in [0.1, 0.15) is 5.82 Å². The molecule has 2 aromatic carbocycles. The molecule has 0 aliphatic carbocycles. The van der Waals surface area contributed by atoms with Crippen molar-refractivity contribution in [3.8, 4) is 6.07 Å². The van der Waals surface area contributed by atoms with Crippen LogP contribution in [-0.4, -0.2) is 0 Å². The van der Waals surface area contributed by atoms with Gasteiger partial charge in [0.05, 0.1) is 11.6 Å². The first-order valence-corrected chi connectivity index (χ1v) is 6.47. The summed E-state index contributed by atoms with van der Waals surface area (Å²) >= 11 is 0. The topological polar surface area (TPSA) is 23.8 Å². The van der Waals surface area contributed by atoms with Crippen molar-refractivity contribution in [3.63, 3.8) is 0 Å². The molecular weight excluding hydrogens is 249 g/mol. The third kappa shape index (κ3) is 2.78. The summed E-state index contributed by atoms with van der Waals surface area (Å²) in [6, 6.07) is 12.6. The summed E-state index contributed by atoms with van der Waals surface area (Å²) in [5.41, 5.74) is 5.03. The Hall–Kier alpha value is -2.40. The fraction of sp³-hybridized carbons (Fsp3) is 0.167. The van der Waals surface area contributed by atoms with Crippen molar-refractivity contribution in [2.45, 2.75) is 20.8 Å². The number of hydrogen-bond acceptors (Lipinski definition) is 1. The molecule has 0 atom stereocenters. The smallest absolute Gasteiger partial charge is 0.131 e. The Kier molecular flexibility index (Phi) is 4.00. The van der Waals surface area contributed by atoms with E-state index in [-0.39, 0.29) is 5.82 Å². The van der Waals surface area contributed by atoms with Gasteiger partial charge in [0.2, 0.25) is 0 Å². The number of halogens is 1. The molecule has 0 aromatic heterocycles. The van der Waals surface area contributed by atoms with Crippen LogP contribution >= 0.6 is 0 Å². The lowest BCUT2D eigenvalue weighted by molar-refractivity contribution is 0.624. The third-order valence-electron chi connectivity index (χ3n) is 3.31. The molecule has 0 radical (unpaired) electrons. The second-order valence-electron chi connectivity index (χ2n) is 4.96. The van der Waals surface area contributed by atoms with Crippen LogP contribution in [-0.2, 0) is 0 Å². The molecule has 2 heteroatoms. The minimum absolute atomic E-state index is 0.342. The van der Waals surface area contributed by atoms with Crippen LogP contribution in [0, 0.1) is 37.9 Å². The van der Waals surface area contributed by atoms with Crippen LogP contribution in [0.15, 0.2) is 36.4 Å². The summed E-state index contributed by atoms with van der Waals surface area (Å²) in [4.78, 5) is 0. The van der Waals surface area contributed by atoms with Gasteiger partial charge in [0.25, 0.3) is 0 Å². The monoisotopic (exact) mass is 265 g/mol. The third-order valence-corrected chi connectivity index (χ3v) is 3.31. The van der Waals surface area contributed by atoms with E-state index in [1.807, 2.05) is 20.8 Å². The van der Waals surface area contributed by atoms with Gasteiger partial charge in [-0.15, -0.1) is 0 Å². The van der Waals surface area contributed by atoms with Gasteiger partial charge in [-0.1, -0.05) is 35.9 Å². The van der Waals surface area contributed by atoms with E-state index in [1.165, 1.54) is 11.6 Å². The minimum Gasteiger partial charge on any atom is -0.206 e. The average molecular weight is 265 g/mol. The molecule has 0 fully saturated rings. The predicted molar refractivity (Wildman–Crippen MR) is 80.5 cm³/mol. The second kappa shape index (κ2) is 5.71. The lowest BCUT2D eigenvalue weighted by Gasteiger charge is -2.09. The van der Waals surface area contributed by atoms with Gasteiger partial charge in [0, 0.05) is 5.56 Å². The zero-order chi connectivity index (χ0) is 14.7. The van der Waals surface area contributed by atoms with E-state index in [1.54, 1.807) is 24.3 Å². The molecular formula is C18H16FN. The van der Waals surface area contributed by atoms with Crippen molar-refractivity contribution in [3.05, 3.63) is 70.0 Å². The summed E-state index contributed by atoms with van der Waals surface area (Å²) in [6.07, 6.45) is 1.77. The zero-order valence-electron chi connectivity index (χ0n) is 11.9. The highest BCUT2D eigenvalue weighted by Gasteiger charge is 2.09. The molecule has 0 unspecified atom stereocenters. The first-order valence-electron chi connectivity index (χ1n) is 6.47. The largest absolute Gasteiger partial charge is 0.206 e. The molecule has 0 spiro atoms. The molecule has 0 aliphatic rings. The maximum Gasteiger partial charge on any atom is 0.131 e. The quantitative estimate of drug-likeness (QED) is 0.564. The summed E-state index contributed by atoms with van der Waals surface area (Å²) in [6.45, 7) is 6.04. The number of hydrogen-bond donors (Lipinski definition) is 0. The number of nitriles is 1. The van der Waals surface area contributed by atoms with Crippen molar-refractivity contribution in [2.24, 2.45) is 0 Å². The maximum absolute atomic E-state index is 13.8. The van der Waals surface area contributed by atoms with Crippen molar-refractivity contribution in [1.82, 2.24) is 0 Å². The molecule has 0 N–H and O–H groups in total. The molecule has 1 nitrogen and oxygen atoms in total. The Morgan fingerprint density at radius 3 is 2.25 bits per heavy atom. The number of allylic oxidation sites excluding steroid dienone is 1. The lowest BCUT2D eigenvalue weighted by Crippen LogP contribution is -1.92. The van der Waals surface area contributed by atoms with E-state index in [0.29, 0.717) is 11.1 Å². The molecule has 0 bridgehead atoms. The van der Waals surface area contributed by atoms with Crippen molar-refractivity contribution >= 4 is 11.6 Å². The molecule has 0 saturated carbocycles. The molecule has 0 aliphatic heterocycles. The Balaban J connectivity index is 2.59. The second-order valence-corrected chi connectivity index (χ2v) is 4.96. The van der Waals surface area contributed by atoms with Crippen LogP contribution in [0.5, 0.6) is 0 Å². The van der Waals surface area contributed by atoms with E-state index in [0.717, 1.165) is 16.7 Å². The summed E-state index contributed by atoms with van der Waals surface area (Å²) in [5, 5.41) is 9.32. The van der Waals surface area contributed by atoms with Gasteiger partial charge in [-0.2, -0.15) is 5.26 Å². The van der Waals surface area contributed by atoms with Crippen molar-refractivity contribution < 1.29 is 4.39 Å². The summed E-state index contributed by atoms with van der Waals surface area (Å²) < 4.78 is 13.8. The fourth-order valence-corrected chi connectivity index (χ4v) is 2.41. The van der Waals surface area contributed by atoms with E-state index in [2.05, 4.69) is 18.2 Å². The van der Waals surface area contributed by atoms with Gasteiger partial charge in [-0.3, -0.25) is 0 Å². The Morgan fingerprint density at radius 2 is 1.70 bits per heavy atom. The van der Waals surface area contributed by atoms with Crippen LogP contribution < -0.4 is 0 Å². The van der Waals surface area contributed by atoms with Crippen LogP contribution in [0.2, 0.25) is 0 Å². The van der Waals surface area contributed by atoms with Crippen LogP contribution in [0.1, 0.15) is 27.8 Å². The van der Waals surface area contributed by atoms with Crippen molar-refractivity contribution in [2.75, 3.05) is 0 Å². The van der Waals surface area contributed by atoms with E-state index < -0.39 is 0 Å².